The van der Waals surface area contributed by atoms with Gasteiger partial charge in [-0.1, -0.05) is 53.5 Å². The first-order valence-corrected chi connectivity index (χ1v) is 14.3. The van der Waals surface area contributed by atoms with E-state index >= 15 is 0 Å². The molecule has 8 nitrogen and oxygen atoms in total. The van der Waals surface area contributed by atoms with Crippen LogP contribution in [0.4, 0.5) is 0 Å². The number of halogens is 2. The maximum absolute atomic E-state index is 13.4. The van der Waals surface area contributed by atoms with Gasteiger partial charge >= 0.3 is 11.9 Å². The normalized spacial score (nSPS) is 13.8. The zero-order chi connectivity index (χ0) is 27.4. The van der Waals surface area contributed by atoms with E-state index in [9.17, 15) is 22.8 Å². The van der Waals surface area contributed by atoms with Crippen LogP contribution in [0.5, 0.6) is 0 Å². The fourth-order valence-electron chi connectivity index (χ4n) is 4.14. The summed E-state index contributed by atoms with van der Waals surface area (Å²) in [6, 6.07) is 14.2. The van der Waals surface area contributed by atoms with Crippen molar-refractivity contribution in [1.29, 1.82) is 0 Å². The second-order valence-electron chi connectivity index (χ2n) is 8.84. The summed E-state index contributed by atoms with van der Waals surface area (Å²) in [7, 11) is -3.52. The summed E-state index contributed by atoms with van der Waals surface area (Å²) in [5.41, 5.74) is 2.26. The van der Waals surface area contributed by atoms with Crippen LogP contribution in [0.15, 0.2) is 65.6 Å². The lowest BCUT2D eigenvalue weighted by Crippen LogP contribution is -2.44. The van der Waals surface area contributed by atoms with Gasteiger partial charge < -0.3 is 15.4 Å². The number of ether oxygens (including phenoxy) is 1. The third-order valence-electron chi connectivity index (χ3n) is 6.07. The number of benzene rings is 3. The number of hydrogen-bond donors (Lipinski definition) is 2. The third-order valence-corrected chi connectivity index (χ3v) is 7.89. The molecule has 11 heteroatoms. The molecule has 38 heavy (non-hydrogen) atoms. The Morgan fingerprint density at radius 2 is 1.79 bits per heavy atom. The van der Waals surface area contributed by atoms with E-state index in [0.29, 0.717) is 25.1 Å². The van der Waals surface area contributed by atoms with Gasteiger partial charge in [-0.25, -0.2) is 18.0 Å². The van der Waals surface area contributed by atoms with Crippen molar-refractivity contribution in [2.45, 2.75) is 30.3 Å². The second-order valence-corrected chi connectivity index (χ2v) is 11.6. The summed E-state index contributed by atoms with van der Waals surface area (Å²) in [5, 5.41) is 6.10. The van der Waals surface area contributed by atoms with Crippen molar-refractivity contribution < 1.29 is 27.5 Å². The van der Waals surface area contributed by atoms with Crippen molar-refractivity contribution in [3.8, 4) is 0 Å². The lowest BCUT2D eigenvalue weighted by molar-refractivity contribution is -0.140. The molecule has 198 valence electrons. The number of sulfone groups is 1. The molecule has 3 aromatic carbocycles. The van der Waals surface area contributed by atoms with Crippen LogP contribution < -0.4 is 10.6 Å². The van der Waals surface area contributed by atoms with Crippen LogP contribution in [0.3, 0.4) is 0 Å². The van der Waals surface area contributed by atoms with Gasteiger partial charge in [-0.05, 0) is 60.0 Å². The molecule has 1 aliphatic heterocycles. The first-order chi connectivity index (χ1) is 18.0. The number of carbonyl (C=O) groups excluding carboxylic acids is 3. The van der Waals surface area contributed by atoms with Crippen molar-refractivity contribution in [1.82, 2.24) is 10.6 Å². The number of amides is 1. The smallest absolute Gasteiger partial charge is 0.345 e. The Hall–Kier alpha value is -3.24. The minimum Gasteiger partial charge on any atom is -0.388 e. The van der Waals surface area contributed by atoms with E-state index in [0.717, 1.165) is 17.4 Å². The van der Waals surface area contributed by atoms with E-state index in [2.05, 4.69) is 10.6 Å². The summed E-state index contributed by atoms with van der Waals surface area (Å²) in [6.45, 7) is 1.24. The van der Waals surface area contributed by atoms with Crippen LogP contribution in [-0.2, 0) is 38.8 Å². The zero-order valence-electron chi connectivity index (χ0n) is 20.3. The Balaban J connectivity index is 1.64. The maximum Gasteiger partial charge on any atom is 0.345 e. The summed E-state index contributed by atoms with van der Waals surface area (Å²) in [4.78, 5) is 39.1. The Morgan fingerprint density at radius 1 is 1.05 bits per heavy atom. The van der Waals surface area contributed by atoms with Gasteiger partial charge in [-0.2, -0.15) is 0 Å². The molecular weight excluding hydrogens is 551 g/mol. The molecule has 0 fully saturated rings. The number of fused-ring (bicyclic) bond motifs is 1. The molecule has 3 aromatic rings. The SMILES string of the molecule is CS(=O)(=O)c1cccc(C[C@H](NC(=O)c2c(Cl)cc3c(c2Cl)CCNC3)C(=O)OC(=O)c2ccccc2)c1. The number of esters is 2. The molecule has 1 heterocycles. The third kappa shape index (κ3) is 6.42. The van der Waals surface area contributed by atoms with E-state index in [1.807, 2.05) is 0 Å². The first kappa shape index (κ1) is 27.8. The topological polar surface area (TPSA) is 119 Å². The van der Waals surface area contributed by atoms with Gasteiger partial charge in [0.05, 0.1) is 26.1 Å². The average Bonchev–Trinajstić information content (AvgIpc) is 2.88. The Bertz CT molecular complexity index is 1510. The minimum absolute atomic E-state index is 0.00561. The van der Waals surface area contributed by atoms with Crippen LogP contribution in [0.25, 0.3) is 0 Å². The standard InChI is InChI=1S/C27H24Cl2N2O6S/c1-38(35,36)19-9-5-6-16(12-19)13-22(27(34)37-26(33)17-7-3-2-4-8-17)31-25(32)23-21(28)14-18-15-30-11-10-20(18)24(23)29/h2-9,12,14,22,30H,10-11,13,15H2,1H3,(H,31,32)/t22-/m0/s1. The molecular formula is C27H24Cl2N2O6S. The van der Waals surface area contributed by atoms with Crippen molar-refractivity contribution in [2.24, 2.45) is 0 Å². The van der Waals surface area contributed by atoms with Crippen molar-refractivity contribution in [2.75, 3.05) is 12.8 Å². The minimum atomic E-state index is -3.52. The van der Waals surface area contributed by atoms with Crippen LogP contribution >= 0.6 is 23.2 Å². The molecule has 0 radical (unpaired) electrons. The molecule has 0 saturated carbocycles. The van der Waals surface area contributed by atoms with E-state index in [4.69, 9.17) is 27.9 Å². The zero-order valence-corrected chi connectivity index (χ0v) is 22.6. The molecule has 4 rings (SSSR count). The van der Waals surface area contributed by atoms with Crippen LogP contribution in [0, 0.1) is 0 Å². The fourth-order valence-corrected chi connectivity index (χ4v) is 5.59. The highest BCUT2D eigenvalue weighted by molar-refractivity contribution is 7.90. The summed E-state index contributed by atoms with van der Waals surface area (Å²) in [6.07, 6.45) is 1.51. The van der Waals surface area contributed by atoms with Crippen LogP contribution in [-0.4, -0.2) is 45.1 Å². The Labute approximate surface area is 230 Å². The van der Waals surface area contributed by atoms with Gasteiger partial charge in [0.1, 0.15) is 6.04 Å². The monoisotopic (exact) mass is 574 g/mol. The Kier molecular flexibility index (Phi) is 8.52. The molecule has 1 amide bonds. The molecule has 0 saturated heterocycles. The first-order valence-electron chi connectivity index (χ1n) is 11.7. The van der Waals surface area contributed by atoms with Gasteiger partial charge in [-0.15, -0.1) is 0 Å². The van der Waals surface area contributed by atoms with Gasteiger partial charge in [0.25, 0.3) is 5.91 Å². The number of hydrogen-bond acceptors (Lipinski definition) is 7. The van der Waals surface area contributed by atoms with Crippen molar-refractivity contribution >= 4 is 50.9 Å². The summed E-state index contributed by atoms with van der Waals surface area (Å²) in [5.74, 6) is -2.64. The van der Waals surface area contributed by atoms with Gasteiger partial charge in [0, 0.05) is 19.2 Å². The largest absolute Gasteiger partial charge is 0.388 e. The molecule has 1 aliphatic rings. The maximum atomic E-state index is 13.4. The van der Waals surface area contributed by atoms with Crippen LogP contribution in [0.1, 0.15) is 37.4 Å². The molecule has 0 spiro atoms. The summed E-state index contributed by atoms with van der Waals surface area (Å²) >= 11 is 13.0. The van der Waals surface area contributed by atoms with Gasteiger partial charge in [0.2, 0.25) is 0 Å². The highest BCUT2D eigenvalue weighted by atomic mass is 35.5. The molecule has 2 N–H and O–H groups in total. The van der Waals surface area contributed by atoms with Gasteiger partial charge in [0.15, 0.2) is 9.84 Å². The molecule has 0 bridgehead atoms. The average molecular weight is 575 g/mol. The number of carbonyl (C=O) groups is 3. The van der Waals surface area contributed by atoms with E-state index < -0.39 is 33.7 Å². The molecule has 0 unspecified atom stereocenters. The second kappa shape index (κ2) is 11.7. The highest BCUT2D eigenvalue weighted by Gasteiger charge is 2.29. The molecule has 1 atom stereocenters. The lowest BCUT2D eigenvalue weighted by atomic mass is 9.97. The van der Waals surface area contributed by atoms with Crippen LogP contribution in [0.2, 0.25) is 10.0 Å². The number of nitrogens with one attached hydrogen (secondary N) is 2. The van der Waals surface area contributed by atoms with E-state index in [1.54, 1.807) is 30.3 Å². The lowest BCUT2D eigenvalue weighted by Gasteiger charge is -2.22. The molecule has 0 aliphatic carbocycles. The van der Waals surface area contributed by atoms with Crippen molar-refractivity contribution in [3.63, 3.8) is 0 Å². The Morgan fingerprint density at radius 3 is 2.50 bits per heavy atom. The van der Waals surface area contributed by atoms with Crippen molar-refractivity contribution in [3.05, 3.63) is 98.5 Å². The highest BCUT2D eigenvalue weighted by Crippen LogP contribution is 2.33. The van der Waals surface area contributed by atoms with Gasteiger partial charge in [-0.3, -0.25) is 4.79 Å². The number of rotatable bonds is 7. The quantitative estimate of drug-likeness (QED) is 0.325. The predicted octanol–water partition coefficient (Wildman–Crippen LogP) is 3.77. The predicted molar refractivity (Wildman–Crippen MR) is 143 cm³/mol. The van der Waals surface area contributed by atoms with E-state index in [-0.39, 0.29) is 32.5 Å². The van der Waals surface area contributed by atoms with E-state index in [1.165, 1.54) is 30.3 Å². The molecule has 0 aromatic heterocycles. The fraction of sp³-hybridized carbons (Fsp3) is 0.222. The summed E-state index contributed by atoms with van der Waals surface area (Å²) < 4.78 is 29.1.